The number of hydrogen-bond donors (Lipinski definition) is 2. The van der Waals surface area contributed by atoms with E-state index in [1.54, 1.807) is 6.07 Å². The van der Waals surface area contributed by atoms with Gasteiger partial charge < -0.3 is 15.3 Å². The molecule has 0 saturated carbocycles. The smallest absolute Gasteiger partial charge is 0.123 e. The number of nitrogens with one attached hydrogen (secondary N) is 1. The van der Waals surface area contributed by atoms with Gasteiger partial charge in [-0.25, -0.2) is 4.39 Å². The van der Waals surface area contributed by atoms with Crippen molar-refractivity contribution in [1.82, 2.24) is 10.2 Å². The van der Waals surface area contributed by atoms with Crippen molar-refractivity contribution in [3.8, 4) is 0 Å². The average Bonchev–Trinajstić information content (AvgIpc) is 2.25. The first-order chi connectivity index (χ1) is 7.99. The highest BCUT2D eigenvalue weighted by Gasteiger charge is 2.09. The molecule has 0 aromatic heterocycles. The predicted molar refractivity (Wildman–Crippen MR) is 67.4 cm³/mol. The van der Waals surface area contributed by atoms with Gasteiger partial charge in [0.2, 0.25) is 0 Å². The standard InChI is InChI=1S/C13H21FN2O/c1-10(11-5-4-6-12(14)7-11)15-8-13(17)9-16(2)3/h4-7,10,13,15,17H,8-9H2,1-3H3/t10-,13?/m1/s1. The zero-order valence-electron chi connectivity index (χ0n) is 10.7. The van der Waals surface area contributed by atoms with E-state index in [1.807, 2.05) is 32.0 Å². The van der Waals surface area contributed by atoms with Crippen molar-refractivity contribution in [2.75, 3.05) is 27.2 Å². The summed E-state index contributed by atoms with van der Waals surface area (Å²) >= 11 is 0. The van der Waals surface area contributed by atoms with Gasteiger partial charge in [0.1, 0.15) is 5.82 Å². The van der Waals surface area contributed by atoms with Crippen LogP contribution in [0.25, 0.3) is 0 Å². The van der Waals surface area contributed by atoms with E-state index in [0.29, 0.717) is 13.1 Å². The predicted octanol–water partition coefficient (Wildman–Crippen LogP) is 1.40. The van der Waals surface area contributed by atoms with E-state index in [9.17, 15) is 9.50 Å². The van der Waals surface area contributed by atoms with Crippen molar-refractivity contribution in [1.29, 1.82) is 0 Å². The first-order valence-corrected chi connectivity index (χ1v) is 5.80. The van der Waals surface area contributed by atoms with Crippen molar-refractivity contribution in [2.24, 2.45) is 0 Å². The Hall–Kier alpha value is -0.970. The minimum atomic E-state index is -0.416. The summed E-state index contributed by atoms with van der Waals surface area (Å²) in [7, 11) is 3.83. The second kappa shape index (κ2) is 6.69. The maximum Gasteiger partial charge on any atom is 0.123 e. The first-order valence-electron chi connectivity index (χ1n) is 5.80. The Bertz CT molecular complexity index is 344. The summed E-state index contributed by atoms with van der Waals surface area (Å²) in [6, 6.07) is 6.54. The lowest BCUT2D eigenvalue weighted by atomic mass is 10.1. The summed E-state index contributed by atoms with van der Waals surface area (Å²) in [5, 5.41) is 12.9. The van der Waals surface area contributed by atoms with E-state index in [4.69, 9.17) is 0 Å². The van der Waals surface area contributed by atoms with Gasteiger partial charge in [-0.3, -0.25) is 0 Å². The fourth-order valence-electron chi connectivity index (χ4n) is 1.69. The molecular formula is C13H21FN2O. The van der Waals surface area contributed by atoms with Crippen LogP contribution in [-0.2, 0) is 0 Å². The minimum absolute atomic E-state index is 0.0301. The Morgan fingerprint density at radius 2 is 2.12 bits per heavy atom. The molecule has 1 aromatic carbocycles. The Morgan fingerprint density at radius 3 is 2.71 bits per heavy atom. The van der Waals surface area contributed by atoms with Gasteiger partial charge in [-0.05, 0) is 38.7 Å². The Labute approximate surface area is 102 Å². The number of halogens is 1. The summed E-state index contributed by atoms with van der Waals surface area (Å²) in [6.07, 6.45) is -0.416. The third-order valence-corrected chi connectivity index (χ3v) is 2.58. The molecule has 2 atom stereocenters. The number of hydrogen-bond acceptors (Lipinski definition) is 3. The molecule has 1 rings (SSSR count). The maximum absolute atomic E-state index is 13.0. The lowest BCUT2D eigenvalue weighted by molar-refractivity contribution is 0.132. The van der Waals surface area contributed by atoms with Crippen molar-refractivity contribution >= 4 is 0 Å². The van der Waals surface area contributed by atoms with E-state index in [-0.39, 0.29) is 11.9 Å². The van der Waals surface area contributed by atoms with Crippen LogP contribution in [0.2, 0.25) is 0 Å². The molecule has 3 nitrogen and oxygen atoms in total. The molecule has 0 fully saturated rings. The highest BCUT2D eigenvalue weighted by molar-refractivity contribution is 5.19. The first kappa shape index (κ1) is 14.1. The van der Waals surface area contributed by atoms with Gasteiger partial charge in [0, 0.05) is 19.1 Å². The van der Waals surface area contributed by atoms with Gasteiger partial charge in [0.15, 0.2) is 0 Å². The van der Waals surface area contributed by atoms with Gasteiger partial charge >= 0.3 is 0 Å². The van der Waals surface area contributed by atoms with Crippen LogP contribution in [0.5, 0.6) is 0 Å². The zero-order chi connectivity index (χ0) is 12.8. The number of benzene rings is 1. The molecule has 17 heavy (non-hydrogen) atoms. The second-order valence-electron chi connectivity index (χ2n) is 4.60. The molecule has 0 bridgehead atoms. The fourth-order valence-corrected chi connectivity index (χ4v) is 1.69. The number of aliphatic hydroxyl groups is 1. The lowest BCUT2D eigenvalue weighted by Gasteiger charge is -2.20. The highest BCUT2D eigenvalue weighted by atomic mass is 19.1. The summed E-state index contributed by atoms with van der Waals surface area (Å²) in [4.78, 5) is 1.93. The maximum atomic E-state index is 13.0. The average molecular weight is 240 g/mol. The molecule has 2 N–H and O–H groups in total. The normalized spacial score (nSPS) is 14.9. The summed E-state index contributed by atoms with van der Waals surface area (Å²) in [6.45, 7) is 3.07. The summed E-state index contributed by atoms with van der Waals surface area (Å²) in [5.74, 6) is -0.231. The van der Waals surface area contributed by atoms with Gasteiger partial charge in [-0.1, -0.05) is 12.1 Å². The van der Waals surface area contributed by atoms with Crippen molar-refractivity contribution in [2.45, 2.75) is 19.1 Å². The second-order valence-corrected chi connectivity index (χ2v) is 4.60. The Balaban J connectivity index is 2.42. The molecule has 96 valence electrons. The topological polar surface area (TPSA) is 35.5 Å². The van der Waals surface area contributed by atoms with Crippen LogP contribution in [-0.4, -0.2) is 43.3 Å². The lowest BCUT2D eigenvalue weighted by Crippen LogP contribution is -2.36. The third kappa shape index (κ3) is 5.26. The van der Waals surface area contributed by atoms with E-state index < -0.39 is 6.10 Å². The van der Waals surface area contributed by atoms with Crippen LogP contribution >= 0.6 is 0 Å². The molecule has 1 aromatic rings. The molecule has 0 saturated heterocycles. The van der Waals surface area contributed by atoms with Crippen LogP contribution in [0.3, 0.4) is 0 Å². The number of likely N-dealkylation sites (N-methyl/N-ethyl adjacent to an activating group) is 1. The number of rotatable bonds is 6. The molecule has 0 heterocycles. The SMILES string of the molecule is C[C@@H](NCC(O)CN(C)C)c1cccc(F)c1. The van der Waals surface area contributed by atoms with Crippen molar-refractivity contribution in [3.63, 3.8) is 0 Å². The van der Waals surface area contributed by atoms with Crippen LogP contribution in [0, 0.1) is 5.82 Å². The minimum Gasteiger partial charge on any atom is -0.390 e. The largest absolute Gasteiger partial charge is 0.390 e. The molecular weight excluding hydrogens is 219 g/mol. The number of nitrogens with zero attached hydrogens (tertiary/aromatic N) is 1. The molecule has 0 aliphatic carbocycles. The molecule has 1 unspecified atom stereocenters. The van der Waals surface area contributed by atoms with Gasteiger partial charge in [-0.15, -0.1) is 0 Å². The Kier molecular flexibility index (Phi) is 5.55. The zero-order valence-corrected chi connectivity index (χ0v) is 10.7. The third-order valence-electron chi connectivity index (χ3n) is 2.58. The molecule has 0 aliphatic heterocycles. The van der Waals surface area contributed by atoms with E-state index in [1.165, 1.54) is 12.1 Å². The van der Waals surface area contributed by atoms with Crippen molar-refractivity contribution < 1.29 is 9.50 Å². The van der Waals surface area contributed by atoms with Crippen LogP contribution in [0.1, 0.15) is 18.5 Å². The van der Waals surface area contributed by atoms with Gasteiger partial charge in [-0.2, -0.15) is 0 Å². The molecule has 0 radical (unpaired) electrons. The van der Waals surface area contributed by atoms with E-state index in [2.05, 4.69) is 5.32 Å². The van der Waals surface area contributed by atoms with E-state index in [0.717, 1.165) is 5.56 Å². The highest BCUT2D eigenvalue weighted by Crippen LogP contribution is 2.13. The number of aliphatic hydroxyl groups excluding tert-OH is 1. The van der Waals surface area contributed by atoms with Crippen molar-refractivity contribution in [3.05, 3.63) is 35.6 Å². The van der Waals surface area contributed by atoms with Gasteiger partial charge in [0.25, 0.3) is 0 Å². The van der Waals surface area contributed by atoms with E-state index >= 15 is 0 Å². The molecule has 0 amide bonds. The van der Waals surface area contributed by atoms with Crippen LogP contribution in [0.15, 0.2) is 24.3 Å². The quantitative estimate of drug-likeness (QED) is 0.789. The summed E-state index contributed by atoms with van der Waals surface area (Å²) in [5.41, 5.74) is 0.891. The summed E-state index contributed by atoms with van der Waals surface area (Å²) < 4.78 is 13.0. The molecule has 4 heteroatoms. The van der Waals surface area contributed by atoms with Crippen LogP contribution in [0.4, 0.5) is 4.39 Å². The fraction of sp³-hybridized carbons (Fsp3) is 0.538. The van der Waals surface area contributed by atoms with Gasteiger partial charge in [0.05, 0.1) is 6.10 Å². The molecule has 0 spiro atoms. The monoisotopic (exact) mass is 240 g/mol. The Morgan fingerprint density at radius 1 is 1.41 bits per heavy atom. The van der Waals surface area contributed by atoms with Crippen LogP contribution < -0.4 is 5.32 Å². The molecule has 0 aliphatic rings.